The van der Waals surface area contributed by atoms with Crippen LogP contribution in [-0.4, -0.2) is 24.7 Å². The van der Waals surface area contributed by atoms with Crippen LogP contribution >= 0.6 is 0 Å². The fraction of sp³-hybridized carbons (Fsp3) is 0.667. The summed E-state index contributed by atoms with van der Waals surface area (Å²) in [5.74, 6) is -0.822. The molecule has 0 rings (SSSR count). The summed E-state index contributed by atoms with van der Waals surface area (Å²) in [5, 5.41) is 10.3. The van der Waals surface area contributed by atoms with Crippen LogP contribution in [-0.2, 0) is 4.79 Å². The Balaban J connectivity index is 2.83. The van der Waals surface area contributed by atoms with Crippen molar-refractivity contribution in [2.75, 3.05) is 13.6 Å². The highest BCUT2D eigenvalue weighted by molar-refractivity contribution is 5.68. The van der Waals surface area contributed by atoms with E-state index in [4.69, 9.17) is 5.11 Å². The molecule has 6 heavy (non-hydrogen) atoms. The standard InChI is InChI=1S/C3H7NO2/c1-4-2-3(5)6/h4H,2H2,1H3,(H,5,6)/i3+1. The second-order valence-electron chi connectivity index (χ2n) is 0.924. The van der Waals surface area contributed by atoms with Crippen molar-refractivity contribution in [1.82, 2.24) is 5.32 Å². The lowest BCUT2D eigenvalue weighted by atomic mass is 11.0. The lowest BCUT2D eigenvalue weighted by Crippen LogP contribution is -2.16. The first kappa shape index (κ1) is 5.43. The summed E-state index contributed by atoms with van der Waals surface area (Å²) in [6.45, 7) is 0.0417. The van der Waals surface area contributed by atoms with E-state index in [-0.39, 0.29) is 6.54 Å². The van der Waals surface area contributed by atoms with Crippen LogP contribution in [0.1, 0.15) is 0 Å². The molecule has 0 aliphatic rings. The minimum absolute atomic E-state index is 0.0417. The molecule has 0 aromatic rings. The molecule has 3 heteroatoms. The number of nitrogens with one attached hydrogen (secondary N) is 1. The maximum Gasteiger partial charge on any atom is 0.317 e. The molecule has 0 radical (unpaired) electrons. The average molecular weight is 90.1 g/mol. The van der Waals surface area contributed by atoms with Crippen molar-refractivity contribution in [3.63, 3.8) is 0 Å². The summed E-state index contributed by atoms with van der Waals surface area (Å²) < 4.78 is 0. The molecule has 36 valence electrons. The first-order chi connectivity index (χ1) is 2.77. The molecule has 3 nitrogen and oxygen atoms in total. The molecule has 0 aromatic carbocycles. The summed E-state index contributed by atoms with van der Waals surface area (Å²) in [7, 11) is 1.59. The molecule has 0 heterocycles. The largest absolute Gasteiger partial charge is 0.480 e. The van der Waals surface area contributed by atoms with Gasteiger partial charge in [0.25, 0.3) is 0 Å². The first-order valence-corrected chi connectivity index (χ1v) is 1.63. The molecule has 0 bridgehead atoms. The van der Waals surface area contributed by atoms with Gasteiger partial charge in [-0.05, 0) is 7.05 Å². The summed E-state index contributed by atoms with van der Waals surface area (Å²) in [4.78, 5) is 9.54. The molecule has 0 saturated heterocycles. The Morgan fingerprint density at radius 3 is 2.50 bits per heavy atom. The van der Waals surface area contributed by atoms with Gasteiger partial charge in [0.1, 0.15) is 0 Å². The summed E-state index contributed by atoms with van der Waals surface area (Å²) in [6.07, 6.45) is 0. The maximum absolute atomic E-state index is 9.54. The predicted octanol–water partition coefficient (Wildman–Crippen LogP) is -0.710. The number of likely N-dealkylation sites (N-methyl/N-ethyl adjacent to an activating group) is 1. The van der Waals surface area contributed by atoms with Gasteiger partial charge in [-0.15, -0.1) is 0 Å². The van der Waals surface area contributed by atoms with Crippen LogP contribution in [0.5, 0.6) is 0 Å². The van der Waals surface area contributed by atoms with Crippen molar-refractivity contribution in [1.29, 1.82) is 0 Å². The van der Waals surface area contributed by atoms with E-state index in [1.807, 2.05) is 0 Å². The maximum atomic E-state index is 9.54. The molecule has 0 amide bonds. The monoisotopic (exact) mass is 90.1 g/mol. The van der Waals surface area contributed by atoms with Crippen molar-refractivity contribution in [2.45, 2.75) is 0 Å². The number of carboxylic acids is 1. The summed E-state index contributed by atoms with van der Waals surface area (Å²) in [5.41, 5.74) is 0. The minimum atomic E-state index is -0.822. The van der Waals surface area contributed by atoms with Crippen molar-refractivity contribution >= 4 is 5.97 Å². The Kier molecular flexibility index (Phi) is 2.40. The Morgan fingerprint density at radius 1 is 2.00 bits per heavy atom. The van der Waals surface area contributed by atoms with Gasteiger partial charge in [0, 0.05) is 0 Å². The number of aliphatic carboxylic acids is 1. The second-order valence-corrected chi connectivity index (χ2v) is 0.924. The molecule has 2 N–H and O–H groups in total. The van der Waals surface area contributed by atoms with Crippen LogP contribution in [0.4, 0.5) is 0 Å². The van der Waals surface area contributed by atoms with E-state index in [9.17, 15) is 4.79 Å². The highest BCUT2D eigenvalue weighted by Crippen LogP contribution is 1.50. The van der Waals surface area contributed by atoms with Gasteiger partial charge >= 0.3 is 5.97 Å². The third-order valence-electron chi connectivity index (χ3n) is 0.328. The lowest BCUT2D eigenvalue weighted by molar-refractivity contribution is -0.135. The quantitative estimate of drug-likeness (QED) is 0.440. The van der Waals surface area contributed by atoms with Gasteiger partial charge in [0.2, 0.25) is 0 Å². The molecule has 0 spiro atoms. The third kappa shape index (κ3) is 3.43. The Hall–Kier alpha value is -0.570. The van der Waals surface area contributed by atoms with Gasteiger partial charge in [-0.2, -0.15) is 0 Å². The van der Waals surface area contributed by atoms with Gasteiger partial charge in [0.15, 0.2) is 0 Å². The number of carboxylic acid groups (broad SMARTS) is 1. The molecule has 0 saturated carbocycles. The Morgan fingerprint density at radius 2 is 2.50 bits per heavy atom. The van der Waals surface area contributed by atoms with Crippen LogP contribution in [0.25, 0.3) is 0 Å². The van der Waals surface area contributed by atoms with Crippen LogP contribution in [0.15, 0.2) is 0 Å². The van der Waals surface area contributed by atoms with Gasteiger partial charge in [-0.3, -0.25) is 4.79 Å². The van der Waals surface area contributed by atoms with Crippen LogP contribution in [0, 0.1) is 0 Å². The van der Waals surface area contributed by atoms with E-state index in [1.54, 1.807) is 7.05 Å². The minimum Gasteiger partial charge on any atom is -0.480 e. The zero-order valence-corrected chi connectivity index (χ0v) is 3.56. The highest BCUT2D eigenvalue weighted by atomic mass is 16.5. The zero-order valence-electron chi connectivity index (χ0n) is 3.56. The smallest absolute Gasteiger partial charge is 0.317 e. The molecule has 0 atom stereocenters. The van der Waals surface area contributed by atoms with E-state index in [1.165, 1.54) is 0 Å². The predicted molar refractivity (Wildman–Crippen MR) is 21.6 cm³/mol. The van der Waals surface area contributed by atoms with E-state index in [0.717, 1.165) is 0 Å². The number of hydrogen-bond acceptors (Lipinski definition) is 2. The van der Waals surface area contributed by atoms with Gasteiger partial charge < -0.3 is 10.4 Å². The van der Waals surface area contributed by atoms with E-state index >= 15 is 0 Å². The van der Waals surface area contributed by atoms with E-state index in [0.29, 0.717) is 0 Å². The van der Waals surface area contributed by atoms with Crippen molar-refractivity contribution in [3.8, 4) is 0 Å². The summed E-state index contributed by atoms with van der Waals surface area (Å²) >= 11 is 0. The fourth-order valence-corrected chi connectivity index (χ4v) is 0.151. The molecule has 0 unspecified atom stereocenters. The topological polar surface area (TPSA) is 49.3 Å². The molecule has 0 aliphatic carbocycles. The Bertz CT molecular complexity index is 52.8. The molecule has 0 aromatic heterocycles. The van der Waals surface area contributed by atoms with Gasteiger partial charge in [-0.25, -0.2) is 0 Å². The van der Waals surface area contributed by atoms with E-state index in [2.05, 4.69) is 5.32 Å². The third-order valence-corrected chi connectivity index (χ3v) is 0.328. The van der Waals surface area contributed by atoms with Crippen molar-refractivity contribution in [3.05, 3.63) is 0 Å². The van der Waals surface area contributed by atoms with Crippen molar-refractivity contribution < 1.29 is 9.90 Å². The second kappa shape index (κ2) is 2.66. The van der Waals surface area contributed by atoms with Crippen LogP contribution < -0.4 is 5.32 Å². The molecular formula is C3H7NO2. The lowest BCUT2D eigenvalue weighted by Gasteiger charge is -1.84. The van der Waals surface area contributed by atoms with Crippen LogP contribution in [0.3, 0.4) is 0 Å². The SMILES string of the molecule is CNC[13C](=O)O. The molecule has 0 fully saturated rings. The van der Waals surface area contributed by atoms with E-state index < -0.39 is 5.97 Å². The molecule has 0 aliphatic heterocycles. The van der Waals surface area contributed by atoms with Gasteiger partial charge in [0.05, 0.1) is 6.54 Å². The fourth-order valence-electron chi connectivity index (χ4n) is 0.151. The van der Waals surface area contributed by atoms with Gasteiger partial charge in [-0.1, -0.05) is 0 Å². The Labute approximate surface area is 36.0 Å². The number of hydrogen-bond donors (Lipinski definition) is 2. The first-order valence-electron chi connectivity index (χ1n) is 1.63. The molecular weight excluding hydrogens is 83.0 g/mol. The highest BCUT2D eigenvalue weighted by Gasteiger charge is 1.86. The summed E-state index contributed by atoms with van der Waals surface area (Å²) in [6, 6.07) is 0. The zero-order chi connectivity index (χ0) is 4.99. The number of carbonyl (C=O) groups is 1. The normalized spacial score (nSPS) is 8.17. The van der Waals surface area contributed by atoms with Crippen LogP contribution in [0.2, 0.25) is 0 Å². The number of rotatable bonds is 2. The van der Waals surface area contributed by atoms with Crippen molar-refractivity contribution in [2.24, 2.45) is 0 Å². The average Bonchev–Trinajstić information content (AvgIpc) is 1.35.